The molecule has 0 spiro atoms. The Bertz CT molecular complexity index is 628. The Kier molecular flexibility index (Phi) is 7.23. The molecule has 24 heavy (non-hydrogen) atoms. The lowest BCUT2D eigenvalue weighted by Gasteiger charge is -2.11. The Balaban J connectivity index is 0.00000288. The monoisotopic (exact) mass is 363 g/mol. The molecule has 134 valence electrons. The van der Waals surface area contributed by atoms with E-state index in [1.807, 2.05) is 20.9 Å². The molecule has 0 fully saturated rings. The smallest absolute Gasteiger partial charge is 0.339 e. The van der Waals surface area contributed by atoms with Crippen molar-refractivity contribution in [3.05, 3.63) is 47.1 Å². The van der Waals surface area contributed by atoms with Crippen LogP contribution < -0.4 is 5.32 Å². The lowest BCUT2D eigenvalue weighted by molar-refractivity contribution is -0.137. The number of rotatable bonds is 6. The molecule has 0 saturated carbocycles. The lowest BCUT2D eigenvalue weighted by Crippen LogP contribution is -2.24. The van der Waals surface area contributed by atoms with Gasteiger partial charge in [0.15, 0.2) is 5.82 Å². The molecule has 4 nitrogen and oxygen atoms in total. The van der Waals surface area contributed by atoms with Gasteiger partial charge in [-0.15, -0.1) is 12.4 Å². The highest BCUT2D eigenvalue weighted by atomic mass is 35.5. The highest BCUT2D eigenvalue weighted by Gasteiger charge is 2.30. The molecule has 2 atom stereocenters. The SMILES string of the molecule is CNC(C)Cc1noc(CC(C)c2ccc(C(F)(F)F)cc2)n1.Cl. The molecule has 2 aromatic rings. The molecule has 0 bridgehead atoms. The highest BCUT2D eigenvalue weighted by molar-refractivity contribution is 5.85. The van der Waals surface area contributed by atoms with Crippen LogP contribution in [0.4, 0.5) is 13.2 Å². The largest absolute Gasteiger partial charge is 0.416 e. The fourth-order valence-corrected chi connectivity index (χ4v) is 2.21. The third-order valence-corrected chi connectivity index (χ3v) is 3.78. The zero-order valence-electron chi connectivity index (χ0n) is 13.7. The molecule has 1 aromatic heterocycles. The maximum absolute atomic E-state index is 12.6. The Labute approximate surface area is 145 Å². The first-order valence-corrected chi connectivity index (χ1v) is 7.45. The number of halogens is 4. The molecule has 1 aromatic carbocycles. The van der Waals surface area contributed by atoms with Crippen LogP contribution in [0.15, 0.2) is 28.8 Å². The predicted molar refractivity (Wildman–Crippen MR) is 87.3 cm³/mol. The van der Waals surface area contributed by atoms with Crippen LogP contribution in [0.25, 0.3) is 0 Å². The molecule has 0 aliphatic rings. The molecule has 0 saturated heterocycles. The summed E-state index contributed by atoms with van der Waals surface area (Å²) in [5.74, 6) is 1.12. The van der Waals surface area contributed by atoms with Gasteiger partial charge in [-0.25, -0.2) is 0 Å². The second kappa shape index (κ2) is 8.48. The molecule has 8 heteroatoms. The molecule has 0 amide bonds. The van der Waals surface area contributed by atoms with Gasteiger partial charge in [-0.1, -0.05) is 24.2 Å². The summed E-state index contributed by atoms with van der Waals surface area (Å²) in [5.41, 5.74) is 0.163. The summed E-state index contributed by atoms with van der Waals surface area (Å²) >= 11 is 0. The summed E-state index contributed by atoms with van der Waals surface area (Å²) in [4.78, 5) is 4.32. The van der Waals surface area contributed by atoms with Gasteiger partial charge in [0.05, 0.1) is 5.56 Å². The summed E-state index contributed by atoms with van der Waals surface area (Å²) in [6, 6.07) is 5.42. The standard InChI is InChI=1S/C16H20F3N3O.ClH/c1-10(12-4-6-13(7-5-12)16(17,18)19)8-15-21-14(22-23-15)9-11(2)20-3;/h4-7,10-11,20H,8-9H2,1-3H3;1H. The van der Waals surface area contributed by atoms with E-state index in [1.165, 1.54) is 12.1 Å². The highest BCUT2D eigenvalue weighted by Crippen LogP contribution is 2.30. The fraction of sp³-hybridized carbons (Fsp3) is 0.500. The van der Waals surface area contributed by atoms with Crippen molar-refractivity contribution in [1.82, 2.24) is 15.5 Å². The summed E-state index contributed by atoms with van der Waals surface area (Å²) in [6.45, 7) is 3.93. The molecule has 0 radical (unpaired) electrons. The zero-order chi connectivity index (χ0) is 17.0. The summed E-state index contributed by atoms with van der Waals surface area (Å²) < 4.78 is 42.9. The maximum atomic E-state index is 12.6. The molecule has 0 aliphatic heterocycles. The molecular formula is C16H21ClF3N3O. The molecule has 2 unspecified atom stereocenters. The van der Waals surface area contributed by atoms with E-state index < -0.39 is 11.7 Å². The lowest BCUT2D eigenvalue weighted by atomic mass is 9.96. The maximum Gasteiger partial charge on any atom is 0.416 e. The normalized spacial score (nSPS) is 14.1. The molecule has 2 rings (SSSR count). The van der Waals surface area contributed by atoms with Crippen LogP contribution >= 0.6 is 12.4 Å². The van der Waals surface area contributed by atoms with Gasteiger partial charge in [-0.05, 0) is 37.6 Å². The van der Waals surface area contributed by atoms with Gasteiger partial charge in [0, 0.05) is 18.9 Å². The van der Waals surface area contributed by atoms with E-state index in [-0.39, 0.29) is 24.4 Å². The number of likely N-dealkylation sites (N-methyl/N-ethyl adjacent to an activating group) is 1. The van der Waals surface area contributed by atoms with Crippen molar-refractivity contribution in [2.24, 2.45) is 0 Å². The van der Waals surface area contributed by atoms with Crippen LogP contribution in [0.3, 0.4) is 0 Å². The van der Waals surface area contributed by atoms with Gasteiger partial charge in [0.25, 0.3) is 0 Å². The number of hydrogen-bond donors (Lipinski definition) is 1. The van der Waals surface area contributed by atoms with E-state index in [2.05, 4.69) is 15.5 Å². The fourth-order valence-electron chi connectivity index (χ4n) is 2.21. The second-order valence-electron chi connectivity index (χ2n) is 5.72. The van der Waals surface area contributed by atoms with Crippen LogP contribution in [-0.2, 0) is 19.0 Å². The second-order valence-corrected chi connectivity index (χ2v) is 5.72. The zero-order valence-corrected chi connectivity index (χ0v) is 14.5. The summed E-state index contributed by atoms with van der Waals surface area (Å²) in [6.07, 6.45) is -3.16. The number of aromatic nitrogens is 2. The molecule has 1 heterocycles. The average molecular weight is 364 g/mol. The van der Waals surface area contributed by atoms with E-state index in [1.54, 1.807) is 0 Å². The van der Waals surface area contributed by atoms with E-state index >= 15 is 0 Å². The van der Waals surface area contributed by atoms with Gasteiger partial charge in [0.1, 0.15) is 0 Å². The van der Waals surface area contributed by atoms with Gasteiger partial charge in [-0.2, -0.15) is 18.2 Å². The van der Waals surface area contributed by atoms with Gasteiger partial charge in [-0.3, -0.25) is 0 Å². The Morgan fingerprint density at radius 1 is 1.12 bits per heavy atom. The van der Waals surface area contributed by atoms with Crippen LogP contribution in [0.1, 0.15) is 42.6 Å². The van der Waals surface area contributed by atoms with E-state index in [4.69, 9.17) is 4.52 Å². The van der Waals surface area contributed by atoms with E-state index in [0.717, 1.165) is 17.7 Å². The third-order valence-electron chi connectivity index (χ3n) is 3.78. The van der Waals surface area contributed by atoms with Gasteiger partial charge >= 0.3 is 6.18 Å². The van der Waals surface area contributed by atoms with Crippen LogP contribution in [0, 0.1) is 0 Å². The number of benzene rings is 1. The Morgan fingerprint density at radius 2 is 1.75 bits per heavy atom. The van der Waals surface area contributed by atoms with Crippen molar-refractivity contribution in [2.75, 3.05) is 7.05 Å². The Hall–Kier alpha value is -1.60. The average Bonchev–Trinajstić information content (AvgIpc) is 2.93. The van der Waals surface area contributed by atoms with Crippen molar-refractivity contribution in [2.45, 2.75) is 44.8 Å². The van der Waals surface area contributed by atoms with Crippen molar-refractivity contribution >= 4 is 12.4 Å². The molecule has 0 aliphatic carbocycles. The quantitative estimate of drug-likeness (QED) is 0.842. The van der Waals surface area contributed by atoms with E-state index in [9.17, 15) is 13.2 Å². The van der Waals surface area contributed by atoms with Gasteiger partial charge < -0.3 is 9.84 Å². The van der Waals surface area contributed by atoms with Crippen molar-refractivity contribution in [3.63, 3.8) is 0 Å². The Morgan fingerprint density at radius 3 is 2.29 bits per heavy atom. The van der Waals surface area contributed by atoms with Crippen molar-refractivity contribution in [3.8, 4) is 0 Å². The number of nitrogens with zero attached hydrogens (tertiary/aromatic N) is 2. The number of hydrogen-bond acceptors (Lipinski definition) is 4. The minimum absolute atomic E-state index is 0. The number of alkyl halides is 3. The van der Waals surface area contributed by atoms with Gasteiger partial charge in [0.2, 0.25) is 5.89 Å². The van der Waals surface area contributed by atoms with Crippen LogP contribution in [0.5, 0.6) is 0 Å². The third kappa shape index (κ3) is 5.49. The van der Waals surface area contributed by atoms with Crippen LogP contribution in [0.2, 0.25) is 0 Å². The first-order valence-electron chi connectivity index (χ1n) is 7.45. The predicted octanol–water partition coefficient (Wildman–Crippen LogP) is 4.01. The number of nitrogens with one attached hydrogen (secondary N) is 1. The summed E-state index contributed by atoms with van der Waals surface area (Å²) in [7, 11) is 1.86. The van der Waals surface area contributed by atoms with E-state index in [0.29, 0.717) is 24.6 Å². The topological polar surface area (TPSA) is 51.0 Å². The minimum atomic E-state index is -4.31. The molecular weight excluding hydrogens is 343 g/mol. The minimum Gasteiger partial charge on any atom is -0.339 e. The molecule has 1 N–H and O–H groups in total. The van der Waals surface area contributed by atoms with Crippen molar-refractivity contribution in [1.29, 1.82) is 0 Å². The first kappa shape index (κ1) is 20.4. The van der Waals surface area contributed by atoms with Crippen LogP contribution in [-0.4, -0.2) is 23.2 Å². The first-order chi connectivity index (χ1) is 10.8. The summed E-state index contributed by atoms with van der Waals surface area (Å²) in [5, 5.41) is 7.02. The van der Waals surface area contributed by atoms with Crippen molar-refractivity contribution < 1.29 is 17.7 Å².